The SMILES string of the molecule is OCCCN(CC(O)c1ccc(F)cc1)C1CCc2ccccc21. The maximum absolute atomic E-state index is 13.1. The van der Waals surface area contributed by atoms with Crippen molar-refractivity contribution in [1.29, 1.82) is 0 Å². The molecular formula is C20H24FNO2. The lowest BCUT2D eigenvalue weighted by molar-refractivity contribution is 0.0809. The monoisotopic (exact) mass is 329 g/mol. The quantitative estimate of drug-likeness (QED) is 0.820. The van der Waals surface area contributed by atoms with Crippen LogP contribution in [0.4, 0.5) is 4.39 Å². The fraction of sp³-hybridized carbons (Fsp3) is 0.400. The summed E-state index contributed by atoms with van der Waals surface area (Å²) in [4.78, 5) is 2.25. The van der Waals surface area contributed by atoms with Gasteiger partial charge in [0.25, 0.3) is 0 Å². The Labute approximate surface area is 142 Å². The molecule has 24 heavy (non-hydrogen) atoms. The highest BCUT2D eigenvalue weighted by molar-refractivity contribution is 5.34. The zero-order chi connectivity index (χ0) is 16.9. The van der Waals surface area contributed by atoms with Gasteiger partial charge >= 0.3 is 0 Å². The van der Waals surface area contributed by atoms with Crippen LogP contribution in [0.2, 0.25) is 0 Å². The fourth-order valence-corrected chi connectivity index (χ4v) is 3.57. The molecule has 0 aromatic heterocycles. The van der Waals surface area contributed by atoms with Crippen LogP contribution in [-0.2, 0) is 6.42 Å². The normalized spacial score (nSPS) is 17.9. The number of benzene rings is 2. The van der Waals surface area contributed by atoms with E-state index in [4.69, 9.17) is 0 Å². The van der Waals surface area contributed by atoms with Gasteiger partial charge in [0, 0.05) is 25.7 Å². The molecule has 2 atom stereocenters. The van der Waals surface area contributed by atoms with Gasteiger partial charge in [-0.25, -0.2) is 4.39 Å². The summed E-state index contributed by atoms with van der Waals surface area (Å²) in [6.45, 7) is 1.34. The average molecular weight is 329 g/mol. The van der Waals surface area contributed by atoms with Crippen molar-refractivity contribution in [1.82, 2.24) is 4.90 Å². The Hall–Kier alpha value is -1.75. The van der Waals surface area contributed by atoms with E-state index in [9.17, 15) is 14.6 Å². The maximum Gasteiger partial charge on any atom is 0.123 e. The van der Waals surface area contributed by atoms with Crippen molar-refractivity contribution in [2.24, 2.45) is 0 Å². The van der Waals surface area contributed by atoms with Gasteiger partial charge in [0.05, 0.1) is 6.10 Å². The number of hydrogen-bond acceptors (Lipinski definition) is 3. The zero-order valence-corrected chi connectivity index (χ0v) is 13.7. The van der Waals surface area contributed by atoms with Crippen molar-refractivity contribution in [3.8, 4) is 0 Å². The second kappa shape index (κ2) is 7.88. The Kier molecular flexibility index (Phi) is 5.61. The number of halogens is 1. The molecule has 2 aromatic carbocycles. The topological polar surface area (TPSA) is 43.7 Å². The molecule has 0 aliphatic heterocycles. The molecular weight excluding hydrogens is 305 g/mol. The van der Waals surface area contributed by atoms with Gasteiger partial charge in [-0.05, 0) is 48.1 Å². The minimum absolute atomic E-state index is 0.136. The maximum atomic E-state index is 13.1. The van der Waals surface area contributed by atoms with E-state index in [-0.39, 0.29) is 18.5 Å². The summed E-state index contributed by atoms with van der Waals surface area (Å²) in [6.07, 6.45) is 2.08. The van der Waals surface area contributed by atoms with Gasteiger partial charge in [0.1, 0.15) is 5.82 Å². The first-order valence-corrected chi connectivity index (χ1v) is 8.55. The number of nitrogens with zero attached hydrogens (tertiary/aromatic N) is 1. The van der Waals surface area contributed by atoms with E-state index in [1.54, 1.807) is 12.1 Å². The summed E-state index contributed by atoms with van der Waals surface area (Å²) >= 11 is 0. The molecule has 0 amide bonds. The van der Waals surface area contributed by atoms with Gasteiger partial charge < -0.3 is 10.2 Å². The Bertz CT molecular complexity index is 659. The minimum Gasteiger partial charge on any atom is -0.396 e. The number of rotatable bonds is 7. The smallest absolute Gasteiger partial charge is 0.123 e. The van der Waals surface area contributed by atoms with Crippen LogP contribution < -0.4 is 0 Å². The number of fused-ring (bicyclic) bond motifs is 1. The molecule has 3 nitrogen and oxygen atoms in total. The van der Waals surface area contributed by atoms with Crippen LogP contribution in [-0.4, -0.2) is 34.8 Å². The van der Waals surface area contributed by atoms with Crippen LogP contribution in [0.25, 0.3) is 0 Å². The first kappa shape index (κ1) is 17.1. The van der Waals surface area contributed by atoms with Crippen LogP contribution in [0, 0.1) is 5.82 Å². The van der Waals surface area contributed by atoms with Gasteiger partial charge in [-0.2, -0.15) is 0 Å². The molecule has 3 rings (SSSR count). The largest absolute Gasteiger partial charge is 0.396 e. The van der Waals surface area contributed by atoms with Crippen LogP contribution in [0.5, 0.6) is 0 Å². The number of hydrogen-bond donors (Lipinski definition) is 2. The lowest BCUT2D eigenvalue weighted by atomic mass is 10.0. The summed E-state index contributed by atoms with van der Waals surface area (Å²) in [5.41, 5.74) is 3.41. The average Bonchev–Trinajstić information content (AvgIpc) is 3.03. The molecule has 0 heterocycles. The number of aliphatic hydroxyl groups excluding tert-OH is 2. The second-order valence-electron chi connectivity index (χ2n) is 6.39. The van der Waals surface area contributed by atoms with Crippen molar-refractivity contribution in [2.75, 3.05) is 19.7 Å². The van der Waals surface area contributed by atoms with Crippen molar-refractivity contribution in [2.45, 2.75) is 31.4 Å². The standard InChI is InChI=1S/C20H24FNO2/c21-17-9-6-16(7-10-17)20(24)14-22(12-3-13-23)19-11-8-15-4-1-2-5-18(15)19/h1-2,4-7,9-10,19-20,23-24H,3,8,11-14H2. The van der Waals surface area contributed by atoms with Crippen LogP contribution in [0.15, 0.2) is 48.5 Å². The Morgan fingerprint density at radius 1 is 1.12 bits per heavy atom. The summed E-state index contributed by atoms with van der Waals surface area (Å²) < 4.78 is 13.1. The molecule has 2 aromatic rings. The molecule has 0 fully saturated rings. The molecule has 1 aliphatic rings. The van der Waals surface area contributed by atoms with E-state index in [1.807, 2.05) is 0 Å². The van der Waals surface area contributed by atoms with E-state index >= 15 is 0 Å². The van der Waals surface area contributed by atoms with Crippen molar-refractivity contribution >= 4 is 0 Å². The van der Waals surface area contributed by atoms with Crippen LogP contribution in [0.3, 0.4) is 0 Å². The lowest BCUT2D eigenvalue weighted by Crippen LogP contribution is -2.33. The fourth-order valence-electron chi connectivity index (χ4n) is 3.57. The first-order chi connectivity index (χ1) is 11.7. The highest BCUT2D eigenvalue weighted by Crippen LogP contribution is 2.36. The van der Waals surface area contributed by atoms with Crippen molar-refractivity contribution < 1.29 is 14.6 Å². The van der Waals surface area contributed by atoms with Gasteiger partial charge in [-0.1, -0.05) is 36.4 Å². The third kappa shape index (κ3) is 3.83. The Morgan fingerprint density at radius 3 is 2.62 bits per heavy atom. The van der Waals surface area contributed by atoms with Gasteiger partial charge in [-0.3, -0.25) is 4.90 Å². The summed E-state index contributed by atoms with van der Waals surface area (Å²) in [5.74, 6) is -0.298. The molecule has 0 bridgehead atoms. The summed E-state index contributed by atoms with van der Waals surface area (Å²) in [5, 5.41) is 19.8. The molecule has 0 spiro atoms. The third-order valence-electron chi connectivity index (χ3n) is 4.81. The lowest BCUT2D eigenvalue weighted by Gasteiger charge is -2.31. The van der Waals surface area contributed by atoms with Gasteiger partial charge in [-0.15, -0.1) is 0 Å². The third-order valence-corrected chi connectivity index (χ3v) is 4.81. The van der Waals surface area contributed by atoms with E-state index in [2.05, 4.69) is 29.2 Å². The first-order valence-electron chi connectivity index (χ1n) is 8.55. The Morgan fingerprint density at radius 2 is 1.88 bits per heavy atom. The zero-order valence-electron chi connectivity index (χ0n) is 13.7. The van der Waals surface area contributed by atoms with Gasteiger partial charge in [0.15, 0.2) is 0 Å². The predicted molar refractivity (Wildman–Crippen MR) is 92.1 cm³/mol. The molecule has 0 radical (unpaired) electrons. The Balaban J connectivity index is 1.76. The molecule has 2 unspecified atom stereocenters. The summed E-state index contributed by atoms with van der Waals surface area (Å²) in [6, 6.07) is 14.7. The summed E-state index contributed by atoms with van der Waals surface area (Å²) in [7, 11) is 0. The molecule has 0 saturated carbocycles. The highest BCUT2D eigenvalue weighted by atomic mass is 19.1. The number of aryl methyl sites for hydroxylation is 1. The van der Waals surface area contributed by atoms with Crippen LogP contribution in [0.1, 0.15) is 41.7 Å². The van der Waals surface area contributed by atoms with E-state index < -0.39 is 6.10 Å². The molecule has 4 heteroatoms. The predicted octanol–water partition coefficient (Wildman–Crippen LogP) is 3.23. The van der Waals surface area contributed by atoms with Gasteiger partial charge in [0.2, 0.25) is 0 Å². The highest BCUT2D eigenvalue weighted by Gasteiger charge is 2.28. The number of aliphatic hydroxyl groups is 2. The minimum atomic E-state index is -0.669. The molecule has 2 N–H and O–H groups in total. The van der Waals surface area contributed by atoms with E-state index in [1.165, 1.54) is 23.3 Å². The van der Waals surface area contributed by atoms with Crippen LogP contribution >= 0.6 is 0 Å². The second-order valence-corrected chi connectivity index (χ2v) is 6.39. The molecule has 0 saturated heterocycles. The molecule has 1 aliphatic carbocycles. The van der Waals surface area contributed by atoms with Crippen molar-refractivity contribution in [3.63, 3.8) is 0 Å². The van der Waals surface area contributed by atoms with Crippen molar-refractivity contribution in [3.05, 3.63) is 71.0 Å². The molecule has 128 valence electrons. The van der Waals surface area contributed by atoms with E-state index in [0.717, 1.165) is 24.9 Å². The van der Waals surface area contributed by atoms with E-state index in [0.29, 0.717) is 13.0 Å².